The molecule has 0 aromatic heterocycles. The first-order valence-corrected chi connectivity index (χ1v) is 9.74. The van der Waals surface area contributed by atoms with Gasteiger partial charge < -0.3 is 10.6 Å². The lowest BCUT2D eigenvalue weighted by Crippen LogP contribution is -2.50. The van der Waals surface area contributed by atoms with Crippen LogP contribution in [0.1, 0.15) is 15.9 Å². The number of anilines is 1. The minimum atomic E-state index is -3.39. The number of amides is 1. The van der Waals surface area contributed by atoms with Gasteiger partial charge >= 0.3 is 0 Å². The molecule has 0 unspecified atom stereocenters. The van der Waals surface area contributed by atoms with Gasteiger partial charge in [-0.2, -0.15) is 4.31 Å². The third-order valence-corrected chi connectivity index (χ3v) is 6.15. The molecule has 0 radical (unpaired) electrons. The molecule has 0 spiro atoms. The normalized spacial score (nSPS) is 15.9. The Morgan fingerprint density at radius 3 is 2.16 bits per heavy atom. The van der Waals surface area contributed by atoms with Crippen molar-refractivity contribution in [1.29, 1.82) is 0 Å². The third kappa shape index (κ3) is 4.00. The van der Waals surface area contributed by atoms with Crippen LogP contribution in [0.15, 0.2) is 54.6 Å². The number of rotatable bonds is 4. The van der Waals surface area contributed by atoms with Gasteiger partial charge in [0.1, 0.15) is 0 Å². The Labute approximate surface area is 147 Å². The van der Waals surface area contributed by atoms with Gasteiger partial charge in [0.25, 0.3) is 5.91 Å². The van der Waals surface area contributed by atoms with Crippen LogP contribution in [0, 0.1) is 0 Å². The monoisotopic (exact) mass is 359 g/mol. The summed E-state index contributed by atoms with van der Waals surface area (Å²) >= 11 is 0. The number of carbonyl (C=O) groups is 1. The Balaban J connectivity index is 1.63. The van der Waals surface area contributed by atoms with Gasteiger partial charge in [0.2, 0.25) is 10.0 Å². The lowest BCUT2D eigenvalue weighted by Gasteiger charge is -2.34. The van der Waals surface area contributed by atoms with Crippen LogP contribution in [0.2, 0.25) is 0 Å². The summed E-state index contributed by atoms with van der Waals surface area (Å²) in [6, 6.07) is 16.0. The number of piperazine rings is 1. The first-order valence-electron chi connectivity index (χ1n) is 8.13. The van der Waals surface area contributed by atoms with Gasteiger partial charge in [-0.1, -0.05) is 42.5 Å². The van der Waals surface area contributed by atoms with Gasteiger partial charge in [-0.15, -0.1) is 0 Å². The highest BCUT2D eigenvalue weighted by Crippen LogP contribution is 2.17. The van der Waals surface area contributed by atoms with E-state index < -0.39 is 10.0 Å². The minimum Gasteiger partial charge on any atom is -0.398 e. The molecule has 1 aliphatic heterocycles. The van der Waals surface area contributed by atoms with E-state index >= 15 is 0 Å². The summed E-state index contributed by atoms with van der Waals surface area (Å²) < 4.78 is 26.6. The fourth-order valence-electron chi connectivity index (χ4n) is 2.91. The maximum absolute atomic E-state index is 12.6. The average Bonchev–Trinajstić information content (AvgIpc) is 2.62. The van der Waals surface area contributed by atoms with Crippen LogP contribution in [0.3, 0.4) is 0 Å². The maximum Gasteiger partial charge on any atom is 0.256 e. The summed E-state index contributed by atoms with van der Waals surface area (Å²) in [6.45, 7) is 1.32. The summed E-state index contributed by atoms with van der Waals surface area (Å²) in [5.74, 6) is -0.175. The molecule has 0 bridgehead atoms. The molecule has 1 heterocycles. The van der Waals surface area contributed by atoms with Crippen molar-refractivity contribution in [2.75, 3.05) is 31.9 Å². The summed E-state index contributed by atoms with van der Waals surface area (Å²) in [5.41, 5.74) is 7.52. The molecular formula is C18H21N3O3S. The molecule has 0 saturated carbocycles. The highest BCUT2D eigenvalue weighted by atomic mass is 32.2. The first kappa shape index (κ1) is 17.4. The Hall–Kier alpha value is -2.38. The van der Waals surface area contributed by atoms with Crippen LogP contribution >= 0.6 is 0 Å². The molecule has 25 heavy (non-hydrogen) atoms. The molecule has 6 nitrogen and oxygen atoms in total. The summed E-state index contributed by atoms with van der Waals surface area (Å²) in [6.07, 6.45) is 0. The Morgan fingerprint density at radius 2 is 1.52 bits per heavy atom. The number of carbonyl (C=O) groups excluding carboxylic acids is 1. The third-order valence-electron chi connectivity index (χ3n) is 4.30. The number of para-hydroxylation sites is 1. The summed E-state index contributed by atoms with van der Waals surface area (Å²) in [4.78, 5) is 14.2. The predicted octanol–water partition coefficient (Wildman–Crippen LogP) is 1.56. The zero-order valence-corrected chi connectivity index (χ0v) is 14.7. The van der Waals surface area contributed by atoms with Gasteiger partial charge in [0, 0.05) is 31.9 Å². The zero-order chi connectivity index (χ0) is 17.9. The van der Waals surface area contributed by atoms with E-state index in [1.165, 1.54) is 4.31 Å². The molecule has 1 fully saturated rings. The molecule has 1 amide bonds. The number of nitrogen functional groups attached to an aromatic ring is 1. The van der Waals surface area contributed by atoms with E-state index in [4.69, 9.17) is 5.73 Å². The van der Waals surface area contributed by atoms with Crippen molar-refractivity contribution in [3.8, 4) is 0 Å². The topological polar surface area (TPSA) is 83.7 Å². The molecule has 2 aromatic carbocycles. The van der Waals surface area contributed by atoms with E-state index in [0.717, 1.165) is 5.56 Å². The number of hydrogen-bond acceptors (Lipinski definition) is 4. The fourth-order valence-corrected chi connectivity index (χ4v) is 4.42. The molecule has 3 rings (SSSR count). The molecule has 2 aromatic rings. The van der Waals surface area contributed by atoms with E-state index in [1.807, 2.05) is 18.2 Å². The number of nitrogens with zero attached hydrogens (tertiary/aromatic N) is 2. The smallest absolute Gasteiger partial charge is 0.256 e. The average molecular weight is 359 g/mol. The SMILES string of the molecule is Nc1ccccc1C(=O)N1CCN(S(=O)(=O)Cc2ccccc2)CC1. The van der Waals surface area contributed by atoms with Crippen molar-refractivity contribution in [2.24, 2.45) is 0 Å². The summed E-state index contributed by atoms with van der Waals surface area (Å²) in [5, 5.41) is 0. The van der Waals surface area contributed by atoms with Crippen LogP contribution in [-0.4, -0.2) is 49.7 Å². The Kier molecular flexibility index (Phi) is 5.06. The van der Waals surface area contributed by atoms with Gasteiger partial charge in [-0.05, 0) is 17.7 Å². The molecular weight excluding hydrogens is 338 g/mol. The molecule has 1 aliphatic rings. The highest BCUT2D eigenvalue weighted by molar-refractivity contribution is 7.88. The van der Waals surface area contributed by atoms with Crippen molar-refractivity contribution < 1.29 is 13.2 Å². The van der Waals surface area contributed by atoms with Crippen LogP contribution in [0.25, 0.3) is 0 Å². The van der Waals surface area contributed by atoms with E-state index in [-0.39, 0.29) is 11.7 Å². The van der Waals surface area contributed by atoms with Crippen LogP contribution in [0.4, 0.5) is 5.69 Å². The van der Waals surface area contributed by atoms with Crippen molar-refractivity contribution in [3.63, 3.8) is 0 Å². The standard InChI is InChI=1S/C18H21N3O3S/c19-17-9-5-4-8-16(17)18(22)20-10-12-21(13-11-20)25(23,24)14-15-6-2-1-3-7-15/h1-9H,10-14,19H2. The maximum atomic E-state index is 12.6. The van der Waals surface area contributed by atoms with Crippen LogP contribution in [0.5, 0.6) is 0 Å². The van der Waals surface area contributed by atoms with Crippen molar-refractivity contribution in [1.82, 2.24) is 9.21 Å². The number of hydrogen-bond donors (Lipinski definition) is 1. The minimum absolute atomic E-state index is 0.0204. The molecule has 7 heteroatoms. The highest BCUT2D eigenvalue weighted by Gasteiger charge is 2.29. The fraction of sp³-hybridized carbons (Fsp3) is 0.278. The zero-order valence-electron chi connectivity index (χ0n) is 13.8. The number of nitrogens with two attached hydrogens (primary N) is 1. The molecule has 2 N–H and O–H groups in total. The lowest BCUT2D eigenvalue weighted by molar-refractivity contribution is 0.0699. The Morgan fingerprint density at radius 1 is 0.920 bits per heavy atom. The van der Waals surface area contributed by atoms with Gasteiger partial charge in [0.15, 0.2) is 0 Å². The summed E-state index contributed by atoms with van der Waals surface area (Å²) in [7, 11) is -3.39. The lowest BCUT2D eigenvalue weighted by atomic mass is 10.1. The predicted molar refractivity (Wildman–Crippen MR) is 97.4 cm³/mol. The van der Waals surface area contributed by atoms with Gasteiger partial charge in [-0.25, -0.2) is 8.42 Å². The van der Waals surface area contributed by atoms with Gasteiger partial charge in [0.05, 0.1) is 11.3 Å². The van der Waals surface area contributed by atoms with E-state index in [0.29, 0.717) is 37.4 Å². The molecule has 1 saturated heterocycles. The molecule has 132 valence electrons. The van der Waals surface area contributed by atoms with Gasteiger partial charge in [-0.3, -0.25) is 4.79 Å². The quantitative estimate of drug-likeness (QED) is 0.840. The van der Waals surface area contributed by atoms with Crippen molar-refractivity contribution >= 4 is 21.6 Å². The molecule has 0 aliphatic carbocycles. The van der Waals surface area contributed by atoms with E-state index in [9.17, 15) is 13.2 Å². The number of sulfonamides is 1. The largest absolute Gasteiger partial charge is 0.398 e. The van der Waals surface area contributed by atoms with Crippen LogP contribution in [-0.2, 0) is 15.8 Å². The second kappa shape index (κ2) is 7.25. The number of benzene rings is 2. The van der Waals surface area contributed by atoms with E-state index in [1.54, 1.807) is 41.3 Å². The van der Waals surface area contributed by atoms with Crippen LogP contribution < -0.4 is 5.73 Å². The van der Waals surface area contributed by atoms with Crippen molar-refractivity contribution in [3.05, 3.63) is 65.7 Å². The van der Waals surface area contributed by atoms with E-state index in [2.05, 4.69) is 0 Å². The Bertz CT molecular complexity index is 845. The van der Waals surface area contributed by atoms with Crippen molar-refractivity contribution in [2.45, 2.75) is 5.75 Å². The second-order valence-electron chi connectivity index (χ2n) is 6.02. The second-order valence-corrected chi connectivity index (χ2v) is 7.99. The first-order chi connectivity index (χ1) is 12.0. The molecule has 0 atom stereocenters.